The number of sulfone groups is 1. The zero-order valence-electron chi connectivity index (χ0n) is 12.3. The highest BCUT2D eigenvalue weighted by Gasteiger charge is 2.30. The van der Waals surface area contributed by atoms with E-state index in [0.717, 1.165) is 0 Å². The second kappa shape index (κ2) is 7.76. The number of aliphatic hydroxyl groups excluding tert-OH is 1. The van der Waals surface area contributed by atoms with Crippen LogP contribution >= 0.6 is 11.8 Å². The average Bonchev–Trinajstić information content (AvgIpc) is 2.56. The minimum atomic E-state index is -3.54. The van der Waals surface area contributed by atoms with Gasteiger partial charge in [0.05, 0.1) is 16.0 Å². The fourth-order valence-corrected chi connectivity index (χ4v) is 5.26. The van der Waals surface area contributed by atoms with E-state index in [4.69, 9.17) is 0 Å². The van der Waals surface area contributed by atoms with E-state index < -0.39 is 20.5 Å². The number of thioether (sulfide) groups is 1. The van der Waals surface area contributed by atoms with Crippen LogP contribution < -0.4 is 0 Å². The predicted molar refractivity (Wildman–Crippen MR) is 88.4 cm³/mol. The van der Waals surface area contributed by atoms with E-state index in [1.54, 1.807) is 48.7 Å². The molecule has 0 saturated heterocycles. The van der Waals surface area contributed by atoms with Gasteiger partial charge in [0.2, 0.25) is 0 Å². The summed E-state index contributed by atoms with van der Waals surface area (Å²) < 4.78 is 24.9. The smallest absolute Gasteiger partial charge is 0.191 e. The molecule has 2 atom stereocenters. The molecule has 1 aromatic heterocycles. The molecule has 4 nitrogen and oxygen atoms in total. The van der Waals surface area contributed by atoms with Crippen LogP contribution in [0.25, 0.3) is 0 Å². The minimum absolute atomic E-state index is 0.176. The van der Waals surface area contributed by atoms with Crippen molar-refractivity contribution in [1.29, 1.82) is 0 Å². The highest BCUT2D eigenvalue weighted by Crippen LogP contribution is 2.33. The van der Waals surface area contributed by atoms with Crippen molar-refractivity contribution >= 4 is 21.6 Å². The van der Waals surface area contributed by atoms with Gasteiger partial charge in [-0.05, 0) is 30.7 Å². The Hall–Kier alpha value is -1.37. The molecule has 0 aliphatic heterocycles. The molecule has 1 aromatic carbocycles. The van der Waals surface area contributed by atoms with Gasteiger partial charge in [-0.3, -0.25) is 0 Å². The van der Waals surface area contributed by atoms with E-state index in [2.05, 4.69) is 4.98 Å². The maximum absolute atomic E-state index is 12.8. The molecule has 6 heteroatoms. The molecule has 0 unspecified atom stereocenters. The number of aromatic nitrogens is 1. The minimum Gasteiger partial charge on any atom is -0.393 e. The highest BCUT2D eigenvalue weighted by atomic mass is 32.3. The summed E-state index contributed by atoms with van der Waals surface area (Å²) in [5, 5.41) is 10.6. The second-order valence-corrected chi connectivity index (χ2v) is 8.52. The van der Waals surface area contributed by atoms with Crippen molar-refractivity contribution in [3.63, 3.8) is 0 Å². The van der Waals surface area contributed by atoms with Gasteiger partial charge in [-0.2, -0.15) is 0 Å². The fourth-order valence-electron chi connectivity index (χ4n) is 1.94. The van der Waals surface area contributed by atoms with Crippen LogP contribution in [0.5, 0.6) is 0 Å². The molecular weight excluding hydrogens is 318 g/mol. The summed E-state index contributed by atoms with van der Waals surface area (Å²) in [7, 11) is -3.54. The summed E-state index contributed by atoms with van der Waals surface area (Å²) in [5.41, 5.74) is 0. The maximum atomic E-state index is 12.8. The normalized spacial score (nSPS) is 14.5. The van der Waals surface area contributed by atoms with Crippen LogP contribution in [0.2, 0.25) is 0 Å². The summed E-state index contributed by atoms with van der Waals surface area (Å²) in [6.07, 6.45) is 1.67. The molecular formula is C16H19NO3S2. The summed E-state index contributed by atoms with van der Waals surface area (Å²) in [4.78, 5) is 4.45. The second-order valence-electron chi connectivity index (χ2n) is 4.87. The molecule has 0 bridgehead atoms. The summed E-state index contributed by atoms with van der Waals surface area (Å²) in [6.45, 7) is 1.84. The number of rotatable bonds is 7. The zero-order chi connectivity index (χ0) is 16.0. The van der Waals surface area contributed by atoms with Crippen LogP contribution in [0.15, 0.2) is 64.6 Å². The molecule has 2 aromatic rings. The van der Waals surface area contributed by atoms with Crippen LogP contribution in [0.3, 0.4) is 0 Å². The number of benzene rings is 1. The molecule has 1 N–H and O–H groups in total. The van der Waals surface area contributed by atoms with Crippen molar-refractivity contribution < 1.29 is 13.5 Å². The number of nitrogens with zero attached hydrogens (tertiary/aromatic N) is 1. The van der Waals surface area contributed by atoms with E-state index in [1.807, 2.05) is 13.0 Å². The number of aliphatic hydroxyl groups is 1. The lowest BCUT2D eigenvalue weighted by Crippen LogP contribution is -2.24. The first kappa shape index (κ1) is 17.0. The van der Waals surface area contributed by atoms with Gasteiger partial charge in [0, 0.05) is 12.6 Å². The van der Waals surface area contributed by atoms with Crippen LogP contribution in [0.4, 0.5) is 0 Å². The zero-order valence-corrected chi connectivity index (χ0v) is 13.9. The summed E-state index contributed by atoms with van der Waals surface area (Å²) >= 11 is 1.18. The van der Waals surface area contributed by atoms with Gasteiger partial charge in [0.15, 0.2) is 9.84 Å². The Labute approximate surface area is 135 Å². The van der Waals surface area contributed by atoms with Crippen molar-refractivity contribution in [3.05, 3.63) is 54.7 Å². The van der Waals surface area contributed by atoms with E-state index in [-0.39, 0.29) is 11.3 Å². The molecule has 0 saturated carbocycles. The molecule has 0 fully saturated rings. The lowest BCUT2D eigenvalue weighted by atomic mass is 10.2. The van der Waals surface area contributed by atoms with Gasteiger partial charge in [0.25, 0.3) is 0 Å². The standard InChI is InChI=1S/C16H19NO3S2/c1-2-13(18)12-16(21-15-10-6-7-11-17-15)22(19,20)14-8-4-3-5-9-14/h3-11,13,16,18H,2,12H2,1H3/t13-,16+/m0/s1. The number of pyridine rings is 1. The lowest BCUT2D eigenvalue weighted by molar-refractivity contribution is 0.164. The summed E-state index contributed by atoms with van der Waals surface area (Å²) in [5.74, 6) is 0. The van der Waals surface area contributed by atoms with Gasteiger partial charge < -0.3 is 5.11 Å². The van der Waals surface area contributed by atoms with Crippen LogP contribution in [-0.2, 0) is 9.84 Å². The van der Waals surface area contributed by atoms with Crippen molar-refractivity contribution in [2.24, 2.45) is 0 Å². The highest BCUT2D eigenvalue weighted by molar-refractivity contribution is 8.13. The Balaban J connectivity index is 2.31. The third kappa shape index (κ3) is 4.32. The first-order valence-electron chi connectivity index (χ1n) is 7.08. The molecule has 22 heavy (non-hydrogen) atoms. The van der Waals surface area contributed by atoms with E-state index in [1.165, 1.54) is 11.8 Å². The SMILES string of the molecule is CC[C@H](O)C[C@H](Sc1ccccn1)S(=O)(=O)c1ccccc1. The molecule has 0 amide bonds. The van der Waals surface area contributed by atoms with Gasteiger partial charge in [0.1, 0.15) is 4.58 Å². The van der Waals surface area contributed by atoms with Crippen molar-refractivity contribution in [1.82, 2.24) is 4.98 Å². The Kier molecular flexibility index (Phi) is 5.99. The quantitative estimate of drug-likeness (QED) is 0.786. The largest absolute Gasteiger partial charge is 0.393 e. The molecule has 0 aliphatic carbocycles. The van der Waals surface area contributed by atoms with Gasteiger partial charge in [-0.1, -0.05) is 43.0 Å². The lowest BCUT2D eigenvalue weighted by Gasteiger charge is -2.19. The first-order valence-corrected chi connectivity index (χ1v) is 9.51. The van der Waals surface area contributed by atoms with E-state index in [9.17, 15) is 13.5 Å². The van der Waals surface area contributed by atoms with E-state index in [0.29, 0.717) is 11.4 Å². The van der Waals surface area contributed by atoms with Crippen molar-refractivity contribution in [2.75, 3.05) is 0 Å². The topological polar surface area (TPSA) is 67.3 Å². The Morgan fingerprint density at radius 3 is 2.41 bits per heavy atom. The first-order chi connectivity index (χ1) is 10.5. The third-order valence-electron chi connectivity index (χ3n) is 3.24. The van der Waals surface area contributed by atoms with Gasteiger partial charge in [-0.25, -0.2) is 13.4 Å². The molecule has 0 radical (unpaired) electrons. The molecule has 0 spiro atoms. The van der Waals surface area contributed by atoms with Crippen LogP contribution in [-0.4, -0.2) is 29.2 Å². The van der Waals surface area contributed by atoms with Gasteiger partial charge in [-0.15, -0.1) is 0 Å². The predicted octanol–water partition coefficient (Wildman–Crippen LogP) is 3.13. The Bertz CT molecular complexity index is 675. The van der Waals surface area contributed by atoms with Crippen LogP contribution in [0.1, 0.15) is 19.8 Å². The van der Waals surface area contributed by atoms with Gasteiger partial charge >= 0.3 is 0 Å². The van der Waals surface area contributed by atoms with Crippen molar-refractivity contribution in [2.45, 2.75) is 40.4 Å². The average molecular weight is 337 g/mol. The molecule has 118 valence electrons. The van der Waals surface area contributed by atoms with Crippen LogP contribution in [0, 0.1) is 0 Å². The third-order valence-corrected chi connectivity index (χ3v) is 7.04. The monoisotopic (exact) mass is 337 g/mol. The summed E-state index contributed by atoms with van der Waals surface area (Å²) in [6, 6.07) is 13.7. The fraction of sp³-hybridized carbons (Fsp3) is 0.312. The van der Waals surface area contributed by atoms with E-state index >= 15 is 0 Å². The molecule has 1 heterocycles. The number of hydrogen-bond donors (Lipinski definition) is 1. The Morgan fingerprint density at radius 2 is 1.82 bits per heavy atom. The number of hydrogen-bond acceptors (Lipinski definition) is 5. The molecule has 2 rings (SSSR count). The Morgan fingerprint density at radius 1 is 1.14 bits per heavy atom. The van der Waals surface area contributed by atoms with Crippen molar-refractivity contribution in [3.8, 4) is 0 Å². The maximum Gasteiger partial charge on any atom is 0.191 e. The molecule has 0 aliphatic rings.